The highest BCUT2D eigenvalue weighted by molar-refractivity contribution is 7.89. The Bertz CT molecular complexity index is 591. The van der Waals surface area contributed by atoms with Gasteiger partial charge in [-0.3, -0.25) is 4.79 Å². The minimum absolute atomic E-state index is 0.0193. The van der Waals surface area contributed by atoms with Crippen LogP contribution >= 0.6 is 0 Å². The monoisotopic (exact) mass is 282 g/mol. The summed E-state index contributed by atoms with van der Waals surface area (Å²) in [6.45, 7) is 5.72. The lowest BCUT2D eigenvalue weighted by molar-refractivity contribution is 0.0778. The van der Waals surface area contributed by atoms with Crippen molar-refractivity contribution < 1.29 is 13.2 Å². The molecule has 0 saturated carbocycles. The molecule has 1 aliphatic heterocycles. The molecular weight excluding hydrogens is 264 g/mol. The summed E-state index contributed by atoms with van der Waals surface area (Å²) in [5, 5.41) is 5.02. The average Bonchev–Trinajstić information content (AvgIpc) is 2.68. The molecule has 19 heavy (non-hydrogen) atoms. The highest BCUT2D eigenvalue weighted by atomic mass is 32.2. The first-order valence-electron chi connectivity index (χ1n) is 6.11. The number of hydrogen-bond donors (Lipinski definition) is 1. The van der Waals surface area contributed by atoms with E-state index in [4.69, 9.17) is 5.14 Å². The Morgan fingerprint density at radius 3 is 2.26 bits per heavy atom. The molecule has 0 aromatic heterocycles. The van der Waals surface area contributed by atoms with Gasteiger partial charge in [0.15, 0.2) is 0 Å². The Kier molecular flexibility index (Phi) is 3.40. The maximum atomic E-state index is 12.2. The Hall–Kier alpha value is -1.40. The number of hydrogen-bond acceptors (Lipinski definition) is 3. The summed E-state index contributed by atoms with van der Waals surface area (Å²) in [6.07, 6.45) is 0.980. The van der Waals surface area contributed by atoms with Crippen molar-refractivity contribution in [3.8, 4) is 0 Å². The SMILES string of the molecule is CC1(C)CCN(C(=O)c2ccc(S(N)(=O)=O)cc2)C1. The quantitative estimate of drug-likeness (QED) is 0.885. The maximum Gasteiger partial charge on any atom is 0.253 e. The van der Waals surface area contributed by atoms with Gasteiger partial charge >= 0.3 is 0 Å². The van der Waals surface area contributed by atoms with Crippen LogP contribution in [0.4, 0.5) is 0 Å². The fourth-order valence-electron chi connectivity index (χ4n) is 2.26. The van der Waals surface area contributed by atoms with Gasteiger partial charge in [-0.15, -0.1) is 0 Å². The van der Waals surface area contributed by atoms with E-state index in [1.165, 1.54) is 24.3 Å². The van der Waals surface area contributed by atoms with E-state index in [0.717, 1.165) is 19.5 Å². The molecule has 1 amide bonds. The number of rotatable bonds is 2. The summed E-state index contributed by atoms with van der Waals surface area (Å²) >= 11 is 0. The molecule has 1 fully saturated rings. The fraction of sp³-hybridized carbons (Fsp3) is 0.462. The standard InChI is InChI=1S/C13H18N2O3S/c1-13(2)7-8-15(9-13)12(16)10-3-5-11(6-4-10)19(14,17)18/h3-6H,7-9H2,1-2H3,(H2,14,17,18). The Morgan fingerprint density at radius 2 is 1.84 bits per heavy atom. The zero-order valence-corrected chi connectivity index (χ0v) is 11.9. The normalized spacial score (nSPS) is 18.6. The highest BCUT2D eigenvalue weighted by Gasteiger charge is 2.32. The molecule has 2 rings (SSSR count). The third-order valence-corrected chi connectivity index (χ3v) is 4.32. The van der Waals surface area contributed by atoms with Gasteiger partial charge in [-0.25, -0.2) is 13.6 Å². The average molecular weight is 282 g/mol. The lowest BCUT2D eigenvalue weighted by Gasteiger charge is -2.19. The molecule has 2 N–H and O–H groups in total. The van der Waals surface area contributed by atoms with E-state index in [0.29, 0.717) is 5.56 Å². The van der Waals surface area contributed by atoms with Crippen LogP contribution in [0, 0.1) is 5.41 Å². The maximum absolute atomic E-state index is 12.2. The number of benzene rings is 1. The summed E-state index contributed by atoms with van der Waals surface area (Å²) in [5.74, 6) is -0.0634. The summed E-state index contributed by atoms with van der Waals surface area (Å²) in [6, 6.07) is 5.74. The van der Waals surface area contributed by atoms with E-state index in [-0.39, 0.29) is 16.2 Å². The van der Waals surface area contributed by atoms with Gasteiger partial charge < -0.3 is 4.90 Å². The third-order valence-electron chi connectivity index (χ3n) is 3.39. The molecular formula is C13H18N2O3S. The molecule has 1 aromatic carbocycles. The van der Waals surface area contributed by atoms with E-state index in [1.807, 2.05) is 0 Å². The first-order chi connectivity index (χ1) is 8.69. The van der Waals surface area contributed by atoms with Crippen LogP contribution in [0.15, 0.2) is 29.2 Å². The van der Waals surface area contributed by atoms with Crippen LogP contribution in [0.3, 0.4) is 0 Å². The second-order valence-corrected chi connectivity index (χ2v) is 7.27. The molecule has 1 aliphatic rings. The van der Waals surface area contributed by atoms with Crippen LogP contribution in [0.25, 0.3) is 0 Å². The van der Waals surface area contributed by atoms with Gasteiger partial charge in [0.05, 0.1) is 4.90 Å². The van der Waals surface area contributed by atoms with Crippen molar-refractivity contribution in [2.75, 3.05) is 13.1 Å². The number of carbonyl (C=O) groups is 1. The summed E-state index contributed by atoms with van der Waals surface area (Å²) in [7, 11) is -3.71. The van der Waals surface area contributed by atoms with Gasteiger partial charge in [0.25, 0.3) is 5.91 Å². The van der Waals surface area contributed by atoms with Crippen molar-refractivity contribution in [2.24, 2.45) is 10.6 Å². The summed E-state index contributed by atoms with van der Waals surface area (Å²) in [4.78, 5) is 14.1. The molecule has 104 valence electrons. The second kappa shape index (κ2) is 4.61. The van der Waals surface area contributed by atoms with Gasteiger partial charge in [0.1, 0.15) is 0 Å². The van der Waals surface area contributed by atoms with E-state index >= 15 is 0 Å². The van der Waals surface area contributed by atoms with Crippen molar-refractivity contribution in [3.63, 3.8) is 0 Å². The molecule has 0 bridgehead atoms. The zero-order valence-electron chi connectivity index (χ0n) is 11.1. The van der Waals surface area contributed by atoms with Crippen LogP contribution in [0.5, 0.6) is 0 Å². The van der Waals surface area contributed by atoms with Crippen LogP contribution in [-0.4, -0.2) is 32.3 Å². The van der Waals surface area contributed by atoms with Gasteiger partial charge in [0, 0.05) is 18.7 Å². The van der Waals surface area contributed by atoms with E-state index in [9.17, 15) is 13.2 Å². The molecule has 5 nitrogen and oxygen atoms in total. The molecule has 1 aromatic rings. The smallest absolute Gasteiger partial charge is 0.253 e. The topological polar surface area (TPSA) is 80.5 Å². The molecule has 1 saturated heterocycles. The number of nitrogens with zero attached hydrogens (tertiary/aromatic N) is 1. The zero-order chi connectivity index (χ0) is 14.3. The molecule has 0 radical (unpaired) electrons. The van der Waals surface area contributed by atoms with Crippen molar-refractivity contribution >= 4 is 15.9 Å². The van der Waals surface area contributed by atoms with Crippen molar-refractivity contribution in [2.45, 2.75) is 25.2 Å². The largest absolute Gasteiger partial charge is 0.338 e. The van der Waals surface area contributed by atoms with E-state index < -0.39 is 10.0 Å². The number of amides is 1. The summed E-state index contributed by atoms with van der Waals surface area (Å²) < 4.78 is 22.3. The third kappa shape index (κ3) is 3.13. The number of carbonyl (C=O) groups excluding carboxylic acids is 1. The second-order valence-electron chi connectivity index (χ2n) is 5.71. The summed E-state index contributed by atoms with van der Waals surface area (Å²) in [5.41, 5.74) is 0.640. The van der Waals surface area contributed by atoms with Gasteiger partial charge in [-0.05, 0) is 36.1 Å². The molecule has 0 spiro atoms. The van der Waals surface area contributed by atoms with Crippen molar-refractivity contribution in [1.82, 2.24) is 4.90 Å². The predicted molar refractivity (Wildman–Crippen MR) is 72.1 cm³/mol. The highest BCUT2D eigenvalue weighted by Crippen LogP contribution is 2.29. The Morgan fingerprint density at radius 1 is 1.26 bits per heavy atom. The molecule has 6 heteroatoms. The Balaban J connectivity index is 2.17. The van der Waals surface area contributed by atoms with Crippen LogP contribution in [0.1, 0.15) is 30.6 Å². The molecule has 0 atom stereocenters. The van der Waals surface area contributed by atoms with Gasteiger partial charge in [-0.1, -0.05) is 13.8 Å². The van der Waals surface area contributed by atoms with Crippen LogP contribution in [0.2, 0.25) is 0 Å². The van der Waals surface area contributed by atoms with Crippen molar-refractivity contribution in [3.05, 3.63) is 29.8 Å². The van der Waals surface area contributed by atoms with Gasteiger partial charge in [0.2, 0.25) is 10.0 Å². The first kappa shape index (κ1) is 14.0. The number of likely N-dealkylation sites (tertiary alicyclic amines) is 1. The molecule has 1 heterocycles. The van der Waals surface area contributed by atoms with Gasteiger partial charge in [-0.2, -0.15) is 0 Å². The lowest BCUT2D eigenvalue weighted by Crippen LogP contribution is -2.30. The number of nitrogens with two attached hydrogens (primary N) is 1. The minimum Gasteiger partial charge on any atom is -0.338 e. The molecule has 0 unspecified atom stereocenters. The first-order valence-corrected chi connectivity index (χ1v) is 7.66. The number of sulfonamides is 1. The van der Waals surface area contributed by atoms with Crippen LogP contribution in [-0.2, 0) is 10.0 Å². The Labute approximate surface area is 113 Å². The fourth-order valence-corrected chi connectivity index (χ4v) is 2.77. The van der Waals surface area contributed by atoms with E-state index in [1.54, 1.807) is 4.90 Å². The van der Waals surface area contributed by atoms with E-state index in [2.05, 4.69) is 13.8 Å². The van der Waals surface area contributed by atoms with Crippen molar-refractivity contribution in [1.29, 1.82) is 0 Å². The lowest BCUT2D eigenvalue weighted by atomic mass is 9.93. The minimum atomic E-state index is -3.71. The van der Waals surface area contributed by atoms with Crippen LogP contribution < -0.4 is 5.14 Å². The number of primary sulfonamides is 1. The molecule has 0 aliphatic carbocycles. The predicted octanol–water partition coefficient (Wildman–Crippen LogP) is 1.21.